The van der Waals surface area contributed by atoms with Crippen LogP contribution in [0.1, 0.15) is 50.8 Å². The summed E-state index contributed by atoms with van der Waals surface area (Å²) >= 11 is 6.10. The van der Waals surface area contributed by atoms with E-state index in [1.807, 2.05) is 32.0 Å². The highest BCUT2D eigenvalue weighted by atomic mass is 35.5. The van der Waals surface area contributed by atoms with Crippen molar-refractivity contribution < 1.29 is 9.59 Å². The van der Waals surface area contributed by atoms with Gasteiger partial charge in [0.15, 0.2) is 0 Å². The Morgan fingerprint density at radius 3 is 2.24 bits per heavy atom. The van der Waals surface area contributed by atoms with Gasteiger partial charge in [-0.2, -0.15) is 0 Å². The van der Waals surface area contributed by atoms with E-state index in [-0.39, 0.29) is 17.9 Å². The van der Waals surface area contributed by atoms with E-state index >= 15 is 0 Å². The van der Waals surface area contributed by atoms with E-state index in [9.17, 15) is 9.59 Å². The molecule has 0 bridgehead atoms. The molecule has 1 N–H and O–H groups in total. The number of hydrogen-bond acceptors (Lipinski definition) is 2. The third-order valence-electron chi connectivity index (χ3n) is 4.90. The molecule has 0 fully saturated rings. The summed E-state index contributed by atoms with van der Waals surface area (Å²) in [6.45, 7) is 8.06. The largest absolute Gasteiger partial charge is 0.352 e. The molecule has 0 radical (unpaired) electrons. The first-order valence-electron chi connectivity index (χ1n) is 10.2. The summed E-state index contributed by atoms with van der Waals surface area (Å²) < 4.78 is 0. The highest BCUT2D eigenvalue weighted by Crippen LogP contribution is 2.17. The molecule has 1 unspecified atom stereocenters. The van der Waals surface area contributed by atoms with Crippen molar-refractivity contribution in [3.63, 3.8) is 0 Å². The number of aryl methyl sites for hydroxylation is 2. The van der Waals surface area contributed by atoms with E-state index in [0.717, 1.165) is 17.5 Å². The highest BCUT2D eigenvalue weighted by molar-refractivity contribution is 6.30. The molecule has 1 atom stereocenters. The molecule has 0 aliphatic heterocycles. The highest BCUT2D eigenvalue weighted by Gasteiger charge is 2.26. The first-order chi connectivity index (χ1) is 13.8. The number of halogens is 1. The molecule has 0 spiro atoms. The van der Waals surface area contributed by atoms with Crippen LogP contribution in [0.4, 0.5) is 0 Å². The standard InChI is InChI=1S/C24H31ClN2O2/c1-5-19-9-11-20(12-10-19)13-14-23(28)27(18(4)24(29)26-17(2)3)16-21-7-6-8-22(25)15-21/h6-12,15,17-18H,5,13-14,16H2,1-4H3,(H,26,29). The molecule has 2 rings (SSSR count). The lowest BCUT2D eigenvalue weighted by molar-refractivity contribution is -0.140. The molecule has 0 saturated heterocycles. The molecule has 2 aromatic rings. The Hall–Kier alpha value is -2.33. The molecule has 29 heavy (non-hydrogen) atoms. The van der Waals surface area contributed by atoms with Gasteiger partial charge >= 0.3 is 0 Å². The minimum absolute atomic E-state index is 0.0187. The minimum atomic E-state index is -0.564. The van der Waals surface area contributed by atoms with E-state index in [1.165, 1.54) is 5.56 Å². The second-order valence-corrected chi connectivity index (χ2v) is 8.10. The van der Waals surface area contributed by atoms with Crippen molar-refractivity contribution in [3.8, 4) is 0 Å². The minimum Gasteiger partial charge on any atom is -0.352 e. The summed E-state index contributed by atoms with van der Waals surface area (Å²) in [6, 6.07) is 15.2. The first-order valence-corrected chi connectivity index (χ1v) is 10.6. The van der Waals surface area contributed by atoms with E-state index in [2.05, 4.69) is 36.5 Å². The molecular weight excluding hydrogens is 384 g/mol. The van der Waals surface area contributed by atoms with Gasteiger partial charge in [-0.15, -0.1) is 0 Å². The van der Waals surface area contributed by atoms with Gasteiger partial charge in [0.2, 0.25) is 11.8 Å². The van der Waals surface area contributed by atoms with Crippen molar-refractivity contribution in [2.24, 2.45) is 0 Å². The summed E-state index contributed by atoms with van der Waals surface area (Å²) in [7, 11) is 0. The number of carbonyl (C=O) groups excluding carboxylic acids is 2. The predicted molar refractivity (Wildman–Crippen MR) is 119 cm³/mol. The van der Waals surface area contributed by atoms with Crippen LogP contribution in [0.15, 0.2) is 48.5 Å². The van der Waals surface area contributed by atoms with Gasteiger partial charge in [0.1, 0.15) is 6.04 Å². The maximum Gasteiger partial charge on any atom is 0.242 e. The Morgan fingerprint density at radius 2 is 1.66 bits per heavy atom. The first kappa shape index (κ1) is 23.0. The van der Waals surface area contributed by atoms with Crippen LogP contribution in [0.25, 0.3) is 0 Å². The number of carbonyl (C=O) groups is 2. The molecular formula is C24H31ClN2O2. The summed E-state index contributed by atoms with van der Waals surface area (Å²) in [5, 5.41) is 3.52. The normalized spacial score (nSPS) is 11.9. The summed E-state index contributed by atoms with van der Waals surface area (Å²) in [6.07, 6.45) is 1.99. The second kappa shape index (κ2) is 11.0. The van der Waals surface area contributed by atoms with Gasteiger partial charge < -0.3 is 10.2 Å². The fourth-order valence-corrected chi connectivity index (χ4v) is 3.37. The Balaban J connectivity index is 2.13. The van der Waals surface area contributed by atoms with E-state index in [1.54, 1.807) is 17.9 Å². The molecule has 156 valence electrons. The maximum atomic E-state index is 13.1. The van der Waals surface area contributed by atoms with Crippen molar-refractivity contribution in [2.75, 3.05) is 0 Å². The molecule has 0 aliphatic carbocycles. The number of nitrogens with zero attached hydrogens (tertiary/aromatic N) is 1. The maximum absolute atomic E-state index is 13.1. The Morgan fingerprint density at radius 1 is 1.00 bits per heavy atom. The fourth-order valence-electron chi connectivity index (χ4n) is 3.16. The number of amides is 2. The quantitative estimate of drug-likeness (QED) is 0.642. The van der Waals surface area contributed by atoms with Gasteiger partial charge in [0.25, 0.3) is 0 Å². The fraction of sp³-hybridized carbons (Fsp3) is 0.417. The lowest BCUT2D eigenvalue weighted by Crippen LogP contribution is -2.49. The van der Waals surface area contributed by atoms with Gasteiger partial charge in [-0.25, -0.2) is 0 Å². The van der Waals surface area contributed by atoms with E-state index in [4.69, 9.17) is 11.6 Å². The lowest BCUT2D eigenvalue weighted by Gasteiger charge is -2.29. The topological polar surface area (TPSA) is 49.4 Å². The molecule has 2 amide bonds. The van der Waals surface area contributed by atoms with Crippen LogP contribution in [0.5, 0.6) is 0 Å². The van der Waals surface area contributed by atoms with Gasteiger partial charge in [-0.3, -0.25) is 9.59 Å². The Labute approximate surface area is 179 Å². The predicted octanol–water partition coefficient (Wildman–Crippen LogP) is 4.78. The molecule has 5 heteroatoms. The number of nitrogens with one attached hydrogen (secondary N) is 1. The number of benzene rings is 2. The Bertz CT molecular complexity index is 818. The van der Waals surface area contributed by atoms with Crippen LogP contribution in [-0.4, -0.2) is 28.8 Å². The summed E-state index contributed by atoms with van der Waals surface area (Å²) in [5.41, 5.74) is 3.31. The average Bonchev–Trinajstić information content (AvgIpc) is 2.69. The number of hydrogen-bond donors (Lipinski definition) is 1. The van der Waals surface area contributed by atoms with Crippen LogP contribution >= 0.6 is 11.6 Å². The van der Waals surface area contributed by atoms with E-state index < -0.39 is 6.04 Å². The van der Waals surface area contributed by atoms with Gasteiger partial charge in [-0.1, -0.05) is 54.9 Å². The van der Waals surface area contributed by atoms with E-state index in [0.29, 0.717) is 24.4 Å². The smallest absolute Gasteiger partial charge is 0.242 e. The van der Waals surface area contributed by atoms with Crippen LogP contribution in [0, 0.1) is 0 Å². The van der Waals surface area contributed by atoms with Gasteiger partial charge in [0, 0.05) is 24.0 Å². The SMILES string of the molecule is CCc1ccc(CCC(=O)N(Cc2cccc(Cl)c2)C(C)C(=O)NC(C)C)cc1. The van der Waals surface area contributed by atoms with Crippen LogP contribution in [0.2, 0.25) is 5.02 Å². The summed E-state index contributed by atoms with van der Waals surface area (Å²) in [5.74, 6) is -0.196. The van der Waals surface area contributed by atoms with Crippen LogP contribution < -0.4 is 5.32 Å². The van der Waals surface area contributed by atoms with Crippen molar-refractivity contribution in [3.05, 3.63) is 70.2 Å². The van der Waals surface area contributed by atoms with Crippen molar-refractivity contribution >= 4 is 23.4 Å². The molecule has 0 heterocycles. The molecule has 2 aromatic carbocycles. The Kier molecular flexibility index (Phi) is 8.71. The number of rotatable bonds is 9. The van der Waals surface area contributed by atoms with Crippen molar-refractivity contribution in [1.29, 1.82) is 0 Å². The van der Waals surface area contributed by atoms with Gasteiger partial charge in [0.05, 0.1) is 0 Å². The van der Waals surface area contributed by atoms with Crippen LogP contribution in [0.3, 0.4) is 0 Å². The summed E-state index contributed by atoms with van der Waals surface area (Å²) in [4.78, 5) is 27.3. The monoisotopic (exact) mass is 414 g/mol. The van der Waals surface area contributed by atoms with Crippen molar-refractivity contribution in [2.45, 2.75) is 65.6 Å². The molecule has 4 nitrogen and oxygen atoms in total. The molecule has 0 aliphatic rings. The zero-order chi connectivity index (χ0) is 21.4. The van der Waals surface area contributed by atoms with Crippen molar-refractivity contribution in [1.82, 2.24) is 10.2 Å². The molecule has 0 saturated carbocycles. The lowest BCUT2D eigenvalue weighted by atomic mass is 10.0. The zero-order valence-corrected chi connectivity index (χ0v) is 18.5. The third-order valence-corrected chi connectivity index (χ3v) is 5.13. The van der Waals surface area contributed by atoms with Gasteiger partial charge in [-0.05, 0) is 62.4 Å². The van der Waals surface area contributed by atoms with Crippen LogP contribution in [-0.2, 0) is 29.0 Å². The molecule has 0 aromatic heterocycles. The average molecular weight is 415 g/mol. The second-order valence-electron chi connectivity index (χ2n) is 7.66. The third kappa shape index (κ3) is 7.21. The zero-order valence-electron chi connectivity index (χ0n) is 17.7.